The first-order valence-corrected chi connectivity index (χ1v) is 7.21. The standard InChI is InChI=1S/C16H20N4O.ClH/c1-11-5-3-4-6-15(11)19-16(21)14-9-17-8-13(14)12-7-18-20(2)10-12;/h3-7,10,13-14,17H,8-9H2,1-2H3,(H,19,21);1H/t13-,14+;/m1./s1. The van der Waals surface area contributed by atoms with E-state index >= 15 is 0 Å². The Labute approximate surface area is 136 Å². The third-order valence-electron chi connectivity index (χ3n) is 4.11. The number of para-hydroxylation sites is 1. The number of hydrogen-bond acceptors (Lipinski definition) is 3. The van der Waals surface area contributed by atoms with E-state index in [2.05, 4.69) is 15.7 Å². The first-order valence-electron chi connectivity index (χ1n) is 7.21. The normalized spacial score (nSPS) is 20.5. The van der Waals surface area contributed by atoms with E-state index in [0.717, 1.165) is 23.4 Å². The summed E-state index contributed by atoms with van der Waals surface area (Å²) in [5, 5.41) is 10.6. The largest absolute Gasteiger partial charge is 0.326 e. The summed E-state index contributed by atoms with van der Waals surface area (Å²) in [4.78, 5) is 12.6. The van der Waals surface area contributed by atoms with Crippen LogP contribution in [0.1, 0.15) is 17.0 Å². The maximum absolute atomic E-state index is 12.6. The smallest absolute Gasteiger partial charge is 0.229 e. The Kier molecular flexibility index (Phi) is 5.21. The van der Waals surface area contributed by atoms with Crippen molar-refractivity contribution >= 4 is 24.0 Å². The second kappa shape index (κ2) is 6.94. The zero-order valence-electron chi connectivity index (χ0n) is 12.7. The summed E-state index contributed by atoms with van der Waals surface area (Å²) in [6, 6.07) is 7.85. The molecule has 2 atom stereocenters. The first kappa shape index (κ1) is 16.5. The molecule has 2 aromatic rings. The topological polar surface area (TPSA) is 59.0 Å². The summed E-state index contributed by atoms with van der Waals surface area (Å²) in [5.41, 5.74) is 3.08. The van der Waals surface area contributed by atoms with Crippen molar-refractivity contribution in [2.24, 2.45) is 13.0 Å². The predicted octanol–water partition coefficient (Wildman–Crippen LogP) is 2.09. The fourth-order valence-electron chi connectivity index (χ4n) is 2.87. The van der Waals surface area contributed by atoms with Crippen molar-refractivity contribution < 1.29 is 4.79 Å². The molecular formula is C16H21ClN4O. The minimum Gasteiger partial charge on any atom is -0.326 e. The van der Waals surface area contributed by atoms with Gasteiger partial charge in [-0.15, -0.1) is 12.4 Å². The van der Waals surface area contributed by atoms with Crippen LogP contribution in [-0.4, -0.2) is 28.8 Å². The molecule has 5 nitrogen and oxygen atoms in total. The van der Waals surface area contributed by atoms with Gasteiger partial charge >= 0.3 is 0 Å². The van der Waals surface area contributed by atoms with E-state index in [1.807, 2.05) is 50.6 Å². The molecule has 1 aromatic heterocycles. The monoisotopic (exact) mass is 320 g/mol. The summed E-state index contributed by atoms with van der Waals surface area (Å²) >= 11 is 0. The third-order valence-corrected chi connectivity index (χ3v) is 4.11. The number of rotatable bonds is 3. The summed E-state index contributed by atoms with van der Waals surface area (Å²) in [6.07, 6.45) is 3.84. The molecule has 1 saturated heterocycles. The highest BCUT2D eigenvalue weighted by atomic mass is 35.5. The number of hydrogen-bond donors (Lipinski definition) is 2. The van der Waals surface area contributed by atoms with Gasteiger partial charge in [0.25, 0.3) is 0 Å². The van der Waals surface area contributed by atoms with E-state index in [4.69, 9.17) is 0 Å². The fourth-order valence-corrected chi connectivity index (χ4v) is 2.87. The van der Waals surface area contributed by atoms with Gasteiger partial charge in [0.2, 0.25) is 5.91 Å². The van der Waals surface area contributed by atoms with Crippen LogP contribution in [0.2, 0.25) is 0 Å². The van der Waals surface area contributed by atoms with E-state index < -0.39 is 0 Å². The van der Waals surface area contributed by atoms with Crippen LogP contribution in [0.4, 0.5) is 5.69 Å². The highest BCUT2D eigenvalue weighted by Crippen LogP contribution is 2.29. The molecule has 1 aromatic carbocycles. The lowest BCUT2D eigenvalue weighted by molar-refractivity contribution is -0.119. The van der Waals surface area contributed by atoms with Crippen molar-refractivity contribution in [2.75, 3.05) is 18.4 Å². The number of carbonyl (C=O) groups is 1. The van der Waals surface area contributed by atoms with Crippen LogP contribution in [0.5, 0.6) is 0 Å². The minimum absolute atomic E-state index is 0. The predicted molar refractivity (Wildman–Crippen MR) is 89.4 cm³/mol. The van der Waals surface area contributed by atoms with Crippen LogP contribution in [0.25, 0.3) is 0 Å². The molecule has 118 valence electrons. The molecule has 3 rings (SSSR count). The number of anilines is 1. The van der Waals surface area contributed by atoms with Crippen LogP contribution in [-0.2, 0) is 11.8 Å². The Balaban J connectivity index is 0.00000176. The number of aromatic nitrogens is 2. The van der Waals surface area contributed by atoms with Crippen LogP contribution in [0.3, 0.4) is 0 Å². The molecule has 6 heteroatoms. The number of carbonyl (C=O) groups excluding carboxylic acids is 1. The fraction of sp³-hybridized carbons (Fsp3) is 0.375. The van der Waals surface area contributed by atoms with Crippen molar-refractivity contribution in [1.82, 2.24) is 15.1 Å². The number of nitrogens with zero attached hydrogens (tertiary/aromatic N) is 2. The van der Waals surface area contributed by atoms with Crippen molar-refractivity contribution in [3.05, 3.63) is 47.8 Å². The SMILES string of the molecule is Cc1ccccc1NC(=O)[C@H]1CNC[C@@H]1c1cnn(C)c1.Cl. The molecule has 0 saturated carbocycles. The Morgan fingerprint density at radius 3 is 2.82 bits per heavy atom. The summed E-state index contributed by atoms with van der Waals surface area (Å²) < 4.78 is 1.78. The van der Waals surface area contributed by atoms with Gasteiger partial charge in [-0.05, 0) is 24.1 Å². The van der Waals surface area contributed by atoms with Crippen molar-refractivity contribution in [3.8, 4) is 0 Å². The lowest BCUT2D eigenvalue weighted by Crippen LogP contribution is -2.28. The number of halogens is 1. The highest BCUT2D eigenvalue weighted by Gasteiger charge is 2.34. The summed E-state index contributed by atoms with van der Waals surface area (Å²) in [5.74, 6) is 0.194. The van der Waals surface area contributed by atoms with Crippen molar-refractivity contribution in [3.63, 3.8) is 0 Å². The van der Waals surface area contributed by atoms with Gasteiger partial charge in [-0.1, -0.05) is 18.2 Å². The molecule has 1 aliphatic rings. The van der Waals surface area contributed by atoms with Crippen molar-refractivity contribution in [2.45, 2.75) is 12.8 Å². The van der Waals surface area contributed by atoms with E-state index in [1.54, 1.807) is 4.68 Å². The van der Waals surface area contributed by atoms with E-state index in [-0.39, 0.29) is 30.2 Å². The van der Waals surface area contributed by atoms with E-state index in [1.165, 1.54) is 0 Å². The third kappa shape index (κ3) is 3.31. The number of aryl methyl sites for hydroxylation is 2. The van der Waals surface area contributed by atoms with E-state index in [0.29, 0.717) is 6.54 Å². The Hall–Kier alpha value is -1.85. The van der Waals surface area contributed by atoms with E-state index in [9.17, 15) is 4.79 Å². The molecule has 0 unspecified atom stereocenters. The molecule has 0 bridgehead atoms. The first-order chi connectivity index (χ1) is 10.1. The Morgan fingerprint density at radius 2 is 2.14 bits per heavy atom. The van der Waals surface area contributed by atoms with Gasteiger partial charge in [0.15, 0.2) is 0 Å². The highest BCUT2D eigenvalue weighted by molar-refractivity contribution is 5.94. The van der Waals surface area contributed by atoms with Crippen LogP contribution in [0, 0.1) is 12.8 Å². The van der Waals surface area contributed by atoms with Gasteiger partial charge in [-0.2, -0.15) is 5.10 Å². The lowest BCUT2D eigenvalue weighted by Gasteiger charge is -2.17. The molecule has 0 radical (unpaired) electrons. The van der Waals surface area contributed by atoms with Gasteiger partial charge in [-0.3, -0.25) is 9.48 Å². The second-order valence-corrected chi connectivity index (χ2v) is 5.62. The van der Waals surface area contributed by atoms with Gasteiger partial charge in [0, 0.05) is 37.9 Å². The lowest BCUT2D eigenvalue weighted by atomic mass is 9.90. The number of benzene rings is 1. The molecule has 2 N–H and O–H groups in total. The summed E-state index contributed by atoms with van der Waals surface area (Å²) in [7, 11) is 1.90. The second-order valence-electron chi connectivity index (χ2n) is 5.62. The van der Waals surface area contributed by atoms with Gasteiger partial charge in [-0.25, -0.2) is 0 Å². The average Bonchev–Trinajstić information content (AvgIpc) is 3.09. The molecule has 1 fully saturated rings. The number of nitrogens with one attached hydrogen (secondary N) is 2. The molecule has 2 heterocycles. The maximum atomic E-state index is 12.6. The van der Waals surface area contributed by atoms with Crippen LogP contribution >= 0.6 is 12.4 Å². The molecule has 1 aliphatic heterocycles. The Morgan fingerprint density at radius 1 is 1.36 bits per heavy atom. The van der Waals surface area contributed by atoms with Gasteiger partial charge < -0.3 is 10.6 Å². The average molecular weight is 321 g/mol. The van der Waals surface area contributed by atoms with Crippen LogP contribution < -0.4 is 10.6 Å². The Bertz CT molecular complexity index is 655. The summed E-state index contributed by atoms with van der Waals surface area (Å²) in [6.45, 7) is 3.52. The zero-order valence-corrected chi connectivity index (χ0v) is 13.6. The van der Waals surface area contributed by atoms with Crippen LogP contribution in [0.15, 0.2) is 36.7 Å². The van der Waals surface area contributed by atoms with Gasteiger partial charge in [0.05, 0.1) is 12.1 Å². The maximum Gasteiger partial charge on any atom is 0.229 e. The molecule has 0 aliphatic carbocycles. The van der Waals surface area contributed by atoms with Gasteiger partial charge in [0.1, 0.15) is 0 Å². The minimum atomic E-state index is -0.0613. The molecule has 22 heavy (non-hydrogen) atoms. The zero-order chi connectivity index (χ0) is 14.8. The molecule has 1 amide bonds. The van der Waals surface area contributed by atoms with Crippen molar-refractivity contribution in [1.29, 1.82) is 0 Å². The number of amides is 1. The quantitative estimate of drug-likeness (QED) is 0.910. The molecular weight excluding hydrogens is 300 g/mol. The molecule has 0 spiro atoms.